The van der Waals surface area contributed by atoms with Crippen molar-refractivity contribution in [3.63, 3.8) is 0 Å². The van der Waals surface area contributed by atoms with Crippen molar-refractivity contribution in [2.24, 2.45) is 0 Å². The van der Waals surface area contributed by atoms with E-state index in [2.05, 4.69) is 9.88 Å². The number of halogens is 3. The molecule has 4 rings (SSSR count). The Bertz CT molecular complexity index is 1120. The first kappa shape index (κ1) is 23.1. The number of carbonyl (C=O) groups excluding carboxylic acids is 2. The molecule has 1 N–H and O–H groups in total. The first-order valence-electron chi connectivity index (χ1n) is 10.7. The maximum atomic E-state index is 13.1. The third kappa shape index (κ3) is 5.13. The van der Waals surface area contributed by atoms with Gasteiger partial charge in [-0.05, 0) is 48.2 Å². The fraction of sp³-hybridized carbons (Fsp3) is 0.333. The number of amides is 2. The van der Waals surface area contributed by atoms with Crippen molar-refractivity contribution >= 4 is 23.2 Å². The maximum Gasteiger partial charge on any atom is 0.416 e. The second kappa shape index (κ2) is 9.43. The second-order valence-electron chi connectivity index (χ2n) is 8.04. The molecule has 0 saturated carbocycles. The number of nitrogens with zero attached hydrogens (tertiary/aromatic N) is 2. The highest BCUT2D eigenvalue weighted by molar-refractivity contribution is 7.10. The van der Waals surface area contributed by atoms with Crippen molar-refractivity contribution in [1.29, 1.82) is 0 Å². The molecule has 3 heterocycles. The smallest absolute Gasteiger partial charge is 0.350 e. The van der Waals surface area contributed by atoms with E-state index in [9.17, 15) is 22.8 Å². The summed E-state index contributed by atoms with van der Waals surface area (Å²) in [5.74, 6) is -0.496. The van der Waals surface area contributed by atoms with Crippen molar-refractivity contribution in [3.05, 3.63) is 81.8 Å². The Morgan fingerprint density at radius 2 is 1.94 bits per heavy atom. The van der Waals surface area contributed by atoms with E-state index in [1.165, 1.54) is 6.07 Å². The third-order valence-corrected chi connectivity index (χ3v) is 6.75. The molecule has 0 fully saturated rings. The molecule has 5 nitrogen and oxygen atoms in total. The predicted molar refractivity (Wildman–Crippen MR) is 120 cm³/mol. The van der Waals surface area contributed by atoms with E-state index in [0.717, 1.165) is 22.7 Å². The van der Waals surface area contributed by atoms with Crippen molar-refractivity contribution < 1.29 is 22.8 Å². The lowest BCUT2D eigenvalue weighted by Crippen LogP contribution is -2.42. The van der Waals surface area contributed by atoms with E-state index in [0.29, 0.717) is 18.7 Å². The number of thiophene rings is 1. The van der Waals surface area contributed by atoms with E-state index >= 15 is 0 Å². The van der Waals surface area contributed by atoms with Gasteiger partial charge in [-0.15, -0.1) is 11.3 Å². The van der Waals surface area contributed by atoms with Crippen LogP contribution in [0.5, 0.6) is 0 Å². The summed E-state index contributed by atoms with van der Waals surface area (Å²) < 4.78 is 41.0. The lowest BCUT2D eigenvalue weighted by molar-refractivity contribution is -0.137. The van der Waals surface area contributed by atoms with Crippen LogP contribution in [-0.4, -0.2) is 27.8 Å². The van der Waals surface area contributed by atoms with Crippen LogP contribution in [0.15, 0.2) is 60.1 Å². The molecule has 0 bridgehead atoms. The highest BCUT2D eigenvalue weighted by Crippen LogP contribution is 2.35. The molecule has 1 aliphatic rings. The van der Waals surface area contributed by atoms with Gasteiger partial charge in [0.2, 0.25) is 11.8 Å². The van der Waals surface area contributed by atoms with Crippen LogP contribution in [0.1, 0.15) is 53.5 Å². The molecule has 0 spiro atoms. The zero-order valence-electron chi connectivity index (χ0n) is 18.0. The molecule has 1 aromatic carbocycles. The van der Waals surface area contributed by atoms with Crippen LogP contribution in [0.25, 0.3) is 0 Å². The summed E-state index contributed by atoms with van der Waals surface area (Å²) in [6.07, 6.45) is -2.44. The minimum atomic E-state index is -4.44. The first-order valence-corrected chi connectivity index (χ1v) is 11.6. The molecular formula is C24H24F3N3O2S. The Hall–Kier alpha value is -3.07. The van der Waals surface area contributed by atoms with Crippen LogP contribution in [-0.2, 0) is 22.3 Å². The van der Waals surface area contributed by atoms with Crippen molar-refractivity contribution in [3.8, 4) is 0 Å². The van der Waals surface area contributed by atoms with E-state index in [1.807, 2.05) is 40.7 Å². The lowest BCUT2D eigenvalue weighted by Gasteiger charge is -2.36. The fourth-order valence-electron chi connectivity index (χ4n) is 4.14. The van der Waals surface area contributed by atoms with Crippen LogP contribution in [0.2, 0.25) is 0 Å². The summed E-state index contributed by atoms with van der Waals surface area (Å²) in [6.45, 7) is 2.86. The standard InChI is InChI=1S/C24H24F3N3O2S/c1-16(17-5-2-6-18(15-17)24(25,26)27)28-21(31)9-10-22(32)30-13-12-29-11-3-7-19(29)23(30)20-8-4-14-33-20/h2-8,11,14-16,23H,9-10,12-13H2,1H3,(H,28,31). The van der Waals surface area contributed by atoms with Crippen LogP contribution in [0.3, 0.4) is 0 Å². The van der Waals surface area contributed by atoms with E-state index in [-0.39, 0.29) is 30.7 Å². The minimum absolute atomic E-state index is 0.0309. The SMILES string of the molecule is CC(NC(=O)CCC(=O)N1CCn2cccc2C1c1cccs1)c1cccc(C(F)(F)F)c1. The number of aromatic nitrogens is 1. The van der Waals surface area contributed by atoms with Gasteiger partial charge in [-0.2, -0.15) is 13.2 Å². The zero-order valence-corrected chi connectivity index (χ0v) is 18.8. The summed E-state index contributed by atoms with van der Waals surface area (Å²) >= 11 is 1.58. The molecule has 2 aromatic heterocycles. The van der Waals surface area contributed by atoms with Crippen LogP contribution in [0.4, 0.5) is 13.2 Å². The topological polar surface area (TPSA) is 54.3 Å². The quantitative estimate of drug-likeness (QED) is 0.536. The summed E-state index contributed by atoms with van der Waals surface area (Å²) in [5.41, 5.74) is 0.643. The van der Waals surface area contributed by atoms with Crippen LogP contribution < -0.4 is 5.32 Å². The Morgan fingerprint density at radius 3 is 2.67 bits per heavy atom. The Labute approximate surface area is 193 Å². The van der Waals surface area contributed by atoms with Gasteiger partial charge in [-0.1, -0.05) is 18.2 Å². The predicted octanol–water partition coefficient (Wildman–Crippen LogP) is 5.16. The number of hydrogen-bond acceptors (Lipinski definition) is 3. The molecule has 1 aliphatic heterocycles. The zero-order chi connectivity index (χ0) is 23.6. The Balaban J connectivity index is 1.38. The van der Waals surface area contributed by atoms with Crippen molar-refractivity contribution in [2.75, 3.05) is 6.54 Å². The van der Waals surface area contributed by atoms with Crippen LogP contribution >= 0.6 is 11.3 Å². The van der Waals surface area contributed by atoms with Gasteiger partial charge in [0, 0.05) is 42.7 Å². The summed E-state index contributed by atoms with van der Waals surface area (Å²) in [6, 6.07) is 12.0. The van der Waals surface area contributed by atoms with Crippen LogP contribution in [0, 0.1) is 0 Å². The number of benzene rings is 1. The van der Waals surface area contributed by atoms with Gasteiger partial charge in [0.15, 0.2) is 0 Å². The Morgan fingerprint density at radius 1 is 1.12 bits per heavy atom. The van der Waals surface area contributed by atoms with Gasteiger partial charge in [0.1, 0.15) is 6.04 Å². The molecular weight excluding hydrogens is 451 g/mol. The molecule has 9 heteroatoms. The average Bonchev–Trinajstić information content (AvgIpc) is 3.48. The number of alkyl halides is 3. The van der Waals surface area contributed by atoms with Gasteiger partial charge in [-0.3, -0.25) is 9.59 Å². The fourth-order valence-corrected chi connectivity index (χ4v) is 4.99. The maximum absolute atomic E-state index is 13.1. The molecule has 2 atom stereocenters. The Kier molecular flexibility index (Phi) is 6.60. The summed E-state index contributed by atoms with van der Waals surface area (Å²) in [5, 5.41) is 4.68. The molecule has 0 saturated heterocycles. The van der Waals surface area contributed by atoms with Gasteiger partial charge in [0.25, 0.3) is 0 Å². The molecule has 2 amide bonds. The normalized spacial score (nSPS) is 16.8. The van der Waals surface area contributed by atoms with E-state index in [4.69, 9.17) is 0 Å². The summed E-state index contributed by atoms with van der Waals surface area (Å²) in [4.78, 5) is 28.4. The first-order chi connectivity index (χ1) is 15.7. The summed E-state index contributed by atoms with van der Waals surface area (Å²) in [7, 11) is 0. The monoisotopic (exact) mass is 475 g/mol. The molecule has 174 valence electrons. The second-order valence-corrected chi connectivity index (χ2v) is 9.02. The number of carbonyl (C=O) groups is 2. The molecule has 0 aliphatic carbocycles. The minimum Gasteiger partial charge on any atom is -0.350 e. The third-order valence-electron chi connectivity index (χ3n) is 5.83. The number of hydrogen-bond donors (Lipinski definition) is 1. The lowest BCUT2D eigenvalue weighted by atomic mass is 10.0. The molecule has 3 aromatic rings. The number of fused-ring (bicyclic) bond motifs is 1. The number of nitrogens with one attached hydrogen (secondary N) is 1. The van der Waals surface area contributed by atoms with Gasteiger partial charge in [-0.25, -0.2) is 0 Å². The molecule has 2 unspecified atom stereocenters. The van der Waals surface area contributed by atoms with Gasteiger partial charge < -0.3 is 14.8 Å². The highest BCUT2D eigenvalue weighted by Gasteiger charge is 2.33. The average molecular weight is 476 g/mol. The largest absolute Gasteiger partial charge is 0.416 e. The molecule has 33 heavy (non-hydrogen) atoms. The van der Waals surface area contributed by atoms with E-state index < -0.39 is 17.8 Å². The van der Waals surface area contributed by atoms with Crippen molar-refractivity contribution in [2.45, 2.75) is 44.6 Å². The van der Waals surface area contributed by atoms with Gasteiger partial charge >= 0.3 is 6.18 Å². The van der Waals surface area contributed by atoms with Crippen molar-refractivity contribution in [1.82, 2.24) is 14.8 Å². The van der Waals surface area contributed by atoms with Gasteiger partial charge in [0.05, 0.1) is 11.6 Å². The number of rotatable bonds is 6. The van der Waals surface area contributed by atoms with E-state index in [1.54, 1.807) is 24.3 Å². The highest BCUT2D eigenvalue weighted by atomic mass is 32.1. The molecule has 0 radical (unpaired) electrons.